The van der Waals surface area contributed by atoms with Crippen LogP contribution in [0.4, 0.5) is 15.8 Å². The van der Waals surface area contributed by atoms with Gasteiger partial charge in [-0.05, 0) is 48.5 Å². The second-order valence-corrected chi connectivity index (χ2v) is 6.48. The van der Waals surface area contributed by atoms with Crippen molar-refractivity contribution >= 4 is 40.1 Å². The number of phenolic OH excluding ortho intramolecular Hbond substituents is 1. The number of hydrogen-bond acceptors (Lipinski definition) is 5. The van der Waals surface area contributed by atoms with Crippen molar-refractivity contribution in [3.8, 4) is 5.75 Å². The Kier molecular flexibility index (Phi) is 4.99. The fraction of sp³-hybridized carbons (Fsp3) is 0.118. The molecule has 8 heteroatoms. The molecule has 3 N–H and O–H groups in total. The lowest BCUT2D eigenvalue weighted by atomic mass is 10.2. The van der Waals surface area contributed by atoms with Crippen molar-refractivity contribution in [2.45, 2.75) is 11.7 Å². The lowest BCUT2D eigenvalue weighted by Gasteiger charge is -2.07. The van der Waals surface area contributed by atoms with Crippen LogP contribution in [0.2, 0.25) is 0 Å². The van der Waals surface area contributed by atoms with Crippen LogP contribution < -0.4 is 10.6 Å². The van der Waals surface area contributed by atoms with Crippen molar-refractivity contribution in [2.75, 3.05) is 5.32 Å². The highest BCUT2D eigenvalue weighted by Gasteiger charge is 2.32. The fourth-order valence-electron chi connectivity index (χ4n) is 2.15. The zero-order valence-electron chi connectivity index (χ0n) is 12.9. The first kappa shape index (κ1) is 17.0. The minimum Gasteiger partial charge on any atom is -0.508 e. The molecule has 0 radical (unpaired) electrons. The maximum atomic E-state index is 12.9. The van der Waals surface area contributed by atoms with Gasteiger partial charge in [-0.2, -0.15) is 0 Å². The lowest BCUT2D eigenvalue weighted by Crippen LogP contribution is -2.28. The zero-order chi connectivity index (χ0) is 17.8. The predicted octanol–water partition coefficient (Wildman–Crippen LogP) is 2.78. The molecule has 0 aromatic heterocycles. The lowest BCUT2D eigenvalue weighted by molar-refractivity contribution is -0.122. The summed E-state index contributed by atoms with van der Waals surface area (Å²) in [5.74, 6) is -0.900. The summed E-state index contributed by atoms with van der Waals surface area (Å²) >= 11 is 1.17. The number of phenols is 1. The average Bonchev–Trinajstić information content (AvgIpc) is 2.91. The van der Waals surface area contributed by atoms with Crippen LogP contribution in [-0.2, 0) is 9.59 Å². The first-order valence-corrected chi connectivity index (χ1v) is 8.28. The van der Waals surface area contributed by atoms with Crippen LogP contribution in [0.3, 0.4) is 0 Å². The van der Waals surface area contributed by atoms with Crippen LogP contribution in [0, 0.1) is 5.82 Å². The molecule has 1 saturated heterocycles. The molecule has 2 aromatic rings. The van der Waals surface area contributed by atoms with Gasteiger partial charge in [-0.15, -0.1) is 0 Å². The molecule has 1 fully saturated rings. The molecule has 2 aromatic carbocycles. The quantitative estimate of drug-likeness (QED) is 0.783. The number of aromatic hydroxyl groups is 1. The molecule has 1 heterocycles. The highest BCUT2D eigenvalue weighted by molar-refractivity contribution is 8.15. The van der Waals surface area contributed by atoms with E-state index >= 15 is 0 Å². The fourth-order valence-corrected chi connectivity index (χ4v) is 3.14. The van der Waals surface area contributed by atoms with Gasteiger partial charge >= 0.3 is 0 Å². The number of nitrogens with one attached hydrogen (secondary N) is 2. The van der Waals surface area contributed by atoms with Crippen molar-refractivity contribution in [1.29, 1.82) is 0 Å². The molecule has 0 bridgehead atoms. The molecule has 1 aliphatic rings. The summed E-state index contributed by atoms with van der Waals surface area (Å²) in [6.45, 7) is 0. The summed E-state index contributed by atoms with van der Waals surface area (Å²) in [7, 11) is 0. The maximum absolute atomic E-state index is 12.9. The van der Waals surface area contributed by atoms with Crippen molar-refractivity contribution in [2.24, 2.45) is 4.99 Å². The maximum Gasteiger partial charge on any atom is 0.240 e. The Morgan fingerprint density at radius 2 is 1.88 bits per heavy atom. The zero-order valence-corrected chi connectivity index (χ0v) is 13.7. The Morgan fingerprint density at radius 3 is 2.56 bits per heavy atom. The van der Waals surface area contributed by atoms with E-state index in [1.807, 2.05) is 0 Å². The molecule has 0 saturated carbocycles. The van der Waals surface area contributed by atoms with Crippen LogP contribution in [0.15, 0.2) is 53.5 Å². The van der Waals surface area contributed by atoms with E-state index in [0.717, 1.165) is 0 Å². The minimum atomic E-state index is -0.587. The van der Waals surface area contributed by atoms with Gasteiger partial charge in [0, 0.05) is 12.1 Å². The van der Waals surface area contributed by atoms with Gasteiger partial charge in [-0.3, -0.25) is 9.59 Å². The van der Waals surface area contributed by atoms with Gasteiger partial charge in [0.15, 0.2) is 5.17 Å². The summed E-state index contributed by atoms with van der Waals surface area (Å²) < 4.78 is 12.9. The van der Waals surface area contributed by atoms with Gasteiger partial charge in [0.2, 0.25) is 11.8 Å². The smallest absolute Gasteiger partial charge is 0.240 e. The average molecular weight is 359 g/mol. The number of halogens is 1. The van der Waals surface area contributed by atoms with Crippen molar-refractivity contribution in [3.63, 3.8) is 0 Å². The number of amidine groups is 1. The van der Waals surface area contributed by atoms with E-state index in [9.17, 15) is 19.1 Å². The van der Waals surface area contributed by atoms with Gasteiger partial charge in [-0.1, -0.05) is 11.8 Å². The molecule has 1 unspecified atom stereocenters. The van der Waals surface area contributed by atoms with E-state index in [1.165, 1.54) is 48.2 Å². The third kappa shape index (κ3) is 4.57. The third-order valence-electron chi connectivity index (χ3n) is 3.36. The first-order valence-electron chi connectivity index (χ1n) is 7.40. The highest BCUT2D eigenvalue weighted by Crippen LogP contribution is 2.26. The highest BCUT2D eigenvalue weighted by atomic mass is 32.2. The van der Waals surface area contributed by atoms with Crippen LogP contribution in [0.1, 0.15) is 6.42 Å². The van der Waals surface area contributed by atoms with Crippen LogP contribution in [-0.4, -0.2) is 27.3 Å². The summed E-state index contributed by atoms with van der Waals surface area (Å²) in [4.78, 5) is 28.3. The Hall–Kier alpha value is -2.87. The predicted molar refractivity (Wildman–Crippen MR) is 94.4 cm³/mol. The van der Waals surface area contributed by atoms with Crippen molar-refractivity contribution in [1.82, 2.24) is 5.32 Å². The van der Waals surface area contributed by atoms with E-state index in [-0.39, 0.29) is 29.8 Å². The number of aliphatic imine (C=N–C) groups is 1. The SMILES string of the molecule is O=C(CC1SC(=Nc2ccc(O)cc2)NC1=O)Nc1ccc(F)cc1. The van der Waals surface area contributed by atoms with Crippen LogP contribution >= 0.6 is 11.8 Å². The van der Waals surface area contributed by atoms with E-state index in [1.54, 1.807) is 12.1 Å². The van der Waals surface area contributed by atoms with Gasteiger partial charge in [0.25, 0.3) is 0 Å². The van der Waals surface area contributed by atoms with E-state index in [4.69, 9.17) is 0 Å². The van der Waals surface area contributed by atoms with Gasteiger partial charge < -0.3 is 15.7 Å². The monoisotopic (exact) mass is 359 g/mol. The number of nitrogens with zero attached hydrogens (tertiary/aromatic N) is 1. The van der Waals surface area contributed by atoms with E-state index < -0.39 is 5.25 Å². The van der Waals surface area contributed by atoms with Gasteiger partial charge in [-0.25, -0.2) is 9.38 Å². The first-order chi connectivity index (χ1) is 12.0. The van der Waals surface area contributed by atoms with E-state index in [2.05, 4.69) is 15.6 Å². The molecule has 0 spiro atoms. The summed E-state index contributed by atoms with van der Waals surface area (Å²) in [6.07, 6.45) is -0.0253. The number of benzene rings is 2. The Balaban J connectivity index is 1.59. The van der Waals surface area contributed by atoms with Gasteiger partial charge in [0.1, 0.15) is 16.8 Å². The molecule has 25 heavy (non-hydrogen) atoms. The molecular weight excluding hydrogens is 345 g/mol. The number of anilines is 1. The summed E-state index contributed by atoms with van der Waals surface area (Å²) in [6, 6.07) is 11.6. The van der Waals surface area contributed by atoms with E-state index in [0.29, 0.717) is 16.5 Å². The normalized spacial score (nSPS) is 18.2. The number of hydrogen-bond donors (Lipinski definition) is 3. The Morgan fingerprint density at radius 1 is 1.20 bits per heavy atom. The molecule has 1 aliphatic heterocycles. The van der Waals surface area contributed by atoms with Crippen LogP contribution in [0.5, 0.6) is 5.75 Å². The Labute approximate surface area is 147 Å². The van der Waals surface area contributed by atoms with Gasteiger partial charge in [0.05, 0.1) is 5.69 Å². The second-order valence-electron chi connectivity index (χ2n) is 5.29. The van der Waals surface area contributed by atoms with Crippen molar-refractivity contribution in [3.05, 3.63) is 54.3 Å². The molecule has 128 valence electrons. The summed E-state index contributed by atoms with van der Waals surface area (Å²) in [5.41, 5.74) is 1.05. The number of rotatable bonds is 4. The molecule has 3 rings (SSSR count). The number of carbonyl (C=O) groups excluding carboxylic acids is 2. The minimum absolute atomic E-state index is 0.0253. The largest absolute Gasteiger partial charge is 0.508 e. The Bertz CT molecular complexity index is 822. The number of carbonyl (C=O) groups is 2. The van der Waals surface area contributed by atoms with Crippen LogP contribution in [0.25, 0.3) is 0 Å². The molecule has 6 nitrogen and oxygen atoms in total. The van der Waals surface area contributed by atoms with Crippen molar-refractivity contribution < 1.29 is 19.1 Å². The standard InChI is InChI=1S/C17H14FN3O3S/c18-10-1-3-11(4-2-10)19-15(23)9-14-16(24)21-17(25-14)20-12-5-7-13(22)8-6-12/h1-8,14,22H,9H2,(H,19,23)(H,20,21,24). The molecule has 2 amide bonds. The molecule has 1 atom stereocenters. The number of thioether (sulfide) groups is 1. The summed E-state index contributed by atoms with van der Waals surface area (Å²) in [5, 5.41) is 14.3. The third-order valence-corrected chi connectivity index (χ3v) is 4.44. The molecular formula is C17H14FN3O3S. The number of amides is 2. The topological polar surface area (TPSA) is 90.8 Å². The second kappa shape index (κ2) is 7.35. The molecule has 0 aliphatic carbocycles.